The second-order valence-electron chi connectivity index (χ2n) is 7.41. The Hall–Kier alpha value is -1.61. The van der Waals surface area contributed by atoms with Gasteiger partial charge in [-0.1, -0.05) is 45.0 Å². The number of ketones is 1. The molecule has 0 aromatic heterocycles. The highest BCUT2D eigenvalue weighted by molar-refractivity contribution is 9.10. The van der Waals surface area contributed by atoms with Gasteiger partial charge < -0.3 is 4.74 Å². The molecular formula is C21H23BrO2. The molecule has 3 heteroatoms. The summed E-state index contributed by atoms with van der Waals surface area (Å²) in [5.74, 6) is 0.948. The Morgan fingerprint density at radius 2 is 1.75 bits per heavy atom. The van der Waals surface area contributed by atoms with Gasteiger partial charge in [0.2, 0.25) is 0 Å². The molecule has 2 nitrogen and oxygen atoms in total. The van der Waals surface area contributed by atoms with Crippen LogP contribution < -0.4 is 4.74 Å². The first-order valence-corrected chi connectivity index (χ1v) is 9.15. The standard InChI is InChI=1S/C21H23BrO2/c1-21(2,3)15-10-8-13(9-11-15)16-12-14-6-5-7-17(23)18(14)19(22)20(16)24-4/h8-12H,5-7H2,1-4H3. The molecule has 0 heterocycles. The summed E-state index contributed by atoms with van der Waals surface area (Å²) in [7, 11) is 1.66. The number of aryl methyl sites for hydroxylation is 1. The number of methoxy groups -OCH3 is 1. The van der Waals surface area contributed by atoms with Crippen LogP contribution in [0.3, 0.4) is 0 Å². The average Bonchev–Trinajstić information content (AvgIpc) is 2.54. The van der Waals surface area contributed by atoms with Gasteiger partial charge in [0.05, 0.1) is 11.6 Å². The molecule has 0 bridgehead atoms. The van der Waals surface area contributed by atoms with Crippen LogP contribution >= 0.6 is 15.9 Å². The molecule has 126 valence electrons. The SMILES string of the molecule is COc1c(-c2ccc(C(C)(C)C)cc2)cc2c(c1Br)C(=O)CCC2. The first-order valence-electron chi connectivity index (χ1n) is 8.36. The van der Waals surface area contributed by atoms with Crippen LogP contribution in [0, 0.1) is 0 Å². The predicted molar refractivity (Wildman–Crippen MR) is 102 cm³/mol. The minimum atomic E-state index is 0.130. The second kappa shape index (κ2) is 6.36. The van der Waals surface area contributed by atoms with Crippen LogP contribution in [0.25, 0.3) is 11.1 Å². The highest BCUT2D eigenvalue weighted by atomic mass is 79.9. The molecule has 0 saturated carbocycles. The van der Waals surface area contributed by atoms with E-state index in [2.05, 4.69) is 67.0 Å². The smallest absolute Gasteiger partial charge is 0.164 e. The van der Waals surface area contributed by atoms with E-state index in [1.807, 2.05) is 0 Å². The van der Waals surface area contributed by atoms with Crippen molar-refractivity contribution in [2.45, 2.75) is 45.4 Å². The summed E-state index contributed by atoms with van der Waals surface area (Å²) in [6.45, 7) is 6.64. The monoisotopic (exact) mass is 386 g/mol. The number of fused-ring (bicyclic) bond motifs is 1. The van der Waals surface area contributed by atoms with Gasteiger partial charge in [-0.05, 0) is 56.9 Å². The van der Waals surface area contributed by atoms with Crippen molar-refractivity contribution < 1.29 is 9.53 Å². The zero-order valence-corrected chi connectivity index (χ0v) is 16.3. The van der Waals surface area contributed by atoms with Gasteiger partial charge in [-0.2, -0.15) is 0 Å². The van der Waals surface area contributed by atoms with Crippen LogP contribution in [0.15, 0.2) is 34.8 Å². The van der Waals surface area contributed by atoms with Gasteiger partial charge in [-0.15, -0.1) is 0 Å². The van der Waals surface area contributed by atoms with Gasteiger partial charge in [-0.3, -0.25) is 4.79 Å². The molecule has 0 unspecified atom stereocenters. The van der Waals surface area contributed by atoms with Crippen LogP contribution in [0.4, 0.5) is 0 Å². The minimum absolute atomic E-state index is 0.130. The van der Waals surface area contributed by atoms with Crippen molar-refractivity contribution >= 4 is 21.7 Å². The van der Waals surface area contributed by atoms with E-state index in [1.54, 1.807) is 7.11 Å². The number of hydrogen-bond acceptors (Lipinski definition) is 2. The van der Waals surface area contributed by atoms with Gasteiger partial charge in [-0.25, -0.2) is 0 Å². The maximum atomic E-state index is 12.3. The van der Waals surface area contributed by atoms with Gasteiger partial charge in [0, 0.05) is 17.5 Å². The number of rotatable bonds is 2. The predicted octanol–water partition coefficient (Wildman–Crippen LogP) is 5.94. The van der Waals surface area contributed by atoms with Crippen molar-refractivity contribution in [1.29, 1.82) is 0 Å². The number of benzene rings is 2. The summed E-state index contributed by atoms with van der Waals surface area (Å²) in [5, 5.41) is 0. The lowest BCUT2D eigenvalue weighted by Crippen LogP contribution is -2.13. The third-order valence-electron chi connectivity index (χ3n) is 4.70. The molecule has 2 aromatic carbocycles. The van der Waals surface area contributed by atoms with Crippen LogP contribution in [-0.2, 0) is 11.8 Å². The van der Waals surface area contributed by atoms with E-state index < -0.39 is 0 Å². The Labute approximate surface area is 152 Å². The molecular weight excluding hydrogens is 364 g/mol. The molecule has 2 aromatic rings. The first kappa shape index (κ1) is 17.2. The lowest BCUT2D eigenvalue weighted by molar-refractivity contribution is 0.0971. The summed E-state index contributed by atoms with van der Waals surface area (Å²) >= 11 is 3.62. The summed E-state index contributed by atoms with van der Waals surface area (Å²) in [4.78, 5) is 12.3. The van der Waals surface area contributed by atoms with Gasteiger partial charge in [0.15, 0.2) is 5.78 Å². The maximum Gasteiger partial charge on any atom is 0.164 e. The lowest BCUT2D eigenvalue weighted by atomic mass is 9.85. The minimum Gasteiger partial charge on any atom is -0.495 e. The summed E-state index contributed by atoms with van der Waals surface area (Å²) in [6.07, 6.45) is 2.48. The summed E-state index contributed by atoms with van der Waals surface area (Å²) in [5.41, 5.74) is 5.50. The van der Waals surface area contributed by atoms with Crippen molar-refractivity contribution in [3.63, 3.8) is 0 Å². The van der Waals surface area contributed by atoms with E-state index in [0.717, 1.165) is 45.3 Å². The quantitative estimate of drug-likeness (QED) is 0.637. The van der Waals surface area contributed by atoms with E-state index in [-0.39, 0.29) is 11.2 Å². The Morgan fingerprint density at radius 1 is 1.08 bits per heavy atom. The Balaban J connectivity index is 2.14. The second-order valence-corrected chi connectivity index (χ2v) is 8.20. The zero-order chi connectivity index (χ0) is 17.5. The molecule has 0 fully saturated rings. The maximum absolute atomic E-state index is 12.3. The Morgan fingerprint density at radius 3 is 2.33 bits per heavy atom. The van der Waals surface area contributed by atoms with Crippen LogP contribution in [0.1, 0.15) is 55.1 Å². The van der Waals surface area contributed by atoms with Gasteiger partial charge in [0.25, 0.3) is 0 Å². The van der Waals surface area contributed by atoms with E-state index in [9.17, 15) is 4.79 Å². The third-order valence-corrected chi connectivity index (χ3v) is 5.45. The fraction of sp³-hybridized carbons (Fsp3) is 0.381. The molecule has 0 radical (unpaired) electrons. The molecule has 0 atom stereocenters. The fourth-order valence-corrected chi connectivity index (χ4v) is 4.16. The Bertz CT molecular complexity index is 783. The fourth-order valence-electron chi connectivity index (χ4n) is 3.31. The van der Waals surface area contributed by atoms with Crippen molar-refractivity contribution in [2.75, 3.05) is 7.11 Å². The molecule has 3 rings (SSSR count). The molecule has 1 aliphatic carbocycles. The van der Waals surface area contributed by atoms with Crippen molar-refractivity contribution in [3.8, 4) is 16.9 Å². The van der Waals surface area contributed by atoms with Crippen molar-refractivity contribution in [1.82, 2.24) is 0 Å². The van der Waals surface area contributed by atoms with Crippen molar-refractivity contribution in [2.24, 2.45) is 0 Å². The first-order chi connectivity index (χ1) is 11.3. The van der Waals surface area contributed by atoms with E-state index in [0.29, 0.717) is 6.42 Å². The number of Topliss-reactive ketones (excluding diaryl/α,β-unsaturated/α-hetero) is 1. The normalized spacial score (nSPS) is 14.5. The molecule has 0 saturated heterocycles. The largest absolute Gasteiger partial charge is 0.495 e. The lowest BCUT2D eigenvalue weighted by Gasteiger charge is -2.22. The molecule has 24 heavy (non-hydrogen) atoms. The topological polar surface area (TPSA) is 26.3 Å². The highest BCUT2D eigenvalue weighted by Gasteiger charge is 2.25. The van der Waals surface area contributed by atoms with E-state index in [1.165, 1.54) is 5.56 Å². The number of ether oxygens (including phenoxy) is 1. The number of carbonyl (C=O) groups excluding carboxylic acids is 1. The van der Waals surface area contributed by atoms with Gasteiger partial charge in [0.1, 0.15) is 5.75 Å². The van der Waals surface area contributed by atoms with Gasteiger partial charge >= 0.3 is 0 Å². The van der Waals surface area contributed by atoms with Crippen LogP contribution in [-0.4, -0.2) is 12.9 Å². The van der Waals surface area contributed by atoms with E-state index in [4.69, 9.17) is 4.74 Å². The van der Waals surface area contributed by atoms with Crippen LogP contribution in [0.2, 0.25) is 0 Å². The third kappa shape index (κ3) is 3.02. The number of carbonyl (C=O) groups is 1. The highest BCUT2D eigenvalue weighted by Crippen LogP contribution is 2.43. The zero-order valence-electron chi connectivity index (χ0n) is 14.7. The molecule has 0 amide bonds. The number of halogens is 1. The molecule has 0 spiro atoms. The van der Waals surface area contributed by atoms with Crippen molar-refractivity contribution in [3.05, 3.63) is 51.5 Å². The summed E-state index contributed by atoms with van der Waals surface area (Å²) in [6, 6.07) is 10.8. The summed E-state index contributed by atoms with van der Waals surface area (Å²) < 4.78 is 6.44. The van der Waals surface area contributed by atoms with Crippen LogP contribution in [0.5, 0.6) is 5.75 Å². The average molecular weight is 387 g/mol. The Kier molecular flexibility index (Phi) is 4.56. The van der Waals surface area contributed by atoms with E-state index >= 15 is 0 Å². The molecule has 1 aliphatic rings. The molecule has 0 aliphatic heterocycles. The number of hydrogen-bond donors (Lipinski definition) is 0. The molecule has 0 N–H and O–H groups in total.